The van der Waals surface area contributed by atoms with Crippen LogP contribution in [0.2, 0.25) is 0 Å². The van der Waals surface area contributed by atoms with Gasteiger partial charge in [0.2, 0.25) is 5.95 Å². The van der Waals surface area contributed by atoms with Crippen LogP contribution in [-0.4, -0.2) is 69.4 Å². The van der Waals surface area contributed by atoms with E-state index in [1.807, 2.05) is 6.07 Å². The van der Waals surface area contributed by atoms with E-state index in [1.165, 1.54) is 10.6 Å². The fourth-order valence-electron chi connectivity index (χ4n) is 3.41. The van der Waals surface area contributed by atoms with Crippen molar-refractivity contribution < 1.29 is 4.79 Å². The van der Waals surface area contributed by atoms with Crippen molar-refractivity contribution in [1.82, 2.24) is 29.6 Å². The zero-order chi connectivity index (χ0) is 20.1. The second-order valence-corrected chi connectivity index (χ2v) is 6.89. The maximum atomic E-state index is 12.4. The molecule has 150 valence electrons. The normalized spacial score (nSPS) is 14.8. The summed E-state index contributed by atoms with van der Waals surface area (Å²) in [5.41, 5.74) is 0.228. The summed E-state index contributed by atoms with van der Waals surface area (Å²) in [6, 6.07) is 7.08. The molecule has 1 aliphatic rings. The van der Waals surface area contributed by atoms with Crippen LogP contribution in [0.1, 0.15) is 16.8 Å². The third kappa shape index (κ3) is 4.40. The Morgan fingerprint density at radius 1 is 1.03 bits per heavy atom. The fourth-order valence-corrected chi connectivity index (χ4v) is 3.41. The Bertz CT molecular complexity index is 1030. The van der Waals surface area contributed by atoms with Gasteiger partial charge in [0.25, 0.3) is 11.5 Å². The minimum Gasteiger partial charge on any atom is -0.352 e. The first-order chi connectivity index (χ1) is 14.2. The van der Waals surface area contributed by atoms with Gasteiger partial charge in [-0.2, -0.15) is 0 Å². The quantitative estimate of drug-likeness (QED) is 0.607. The molecule has 1 fully saturated rings. The van der Waals surface area contributed by atoms with Gasteiger partial charge in [0.15, 0.2) is 0 Å². The fraction of sp³-hybridized carbons (Fsp3) is 0.350. The van der Waals surface area contributed by atoms with E-state index in [0.717, 1.165) is 45.1 Å². The average molecular weight is 393 g/mol. The highest BCUT2D eigenvalue weighted by Gasteiger charge is 2.18. The molecular formula is C20H23N7O2. The number of amides is 1. The van der Waals surface area contributed by atoms with Crippen LogP contribution in [0.3, 0.4) is 0 Å². The van der Waals surface area contributed by atoms with Crippen LogP contribution in [0, 0.1) is 0 Å². The number of anilines is 1. The van der Waals surface area contributed by atoms with E-state index in [-0.39, 0.29) is 17.0 Å². The lowest BCUT2D eigenvalue weighted by Gasteiger charge is -2.34. The highest BCUT2D eigenvalue weighted by molar-refractivity contribution is 5.93. The van der Waals surface area contributed by atoms with Crippen molar-refractivity contribution in [2.24, 2.45) is 0 Å². The van der Waals surface area contributed by atoms with Crippen LogP contribution in [-0.2, 0) is 0 Å². The van der Waals surface area contributed by atoms with Crippen LogP contribution in [0.5, 0.6) is 0 Å². The number of nitrogens with zero attached hydrogens (tertiary/aromatic N) is 6. The van der Waals surface area contributed by atoms with E-state index in [9.17, 15) is 9.59 Å². The monoisotopic (exact) mass is 393 g/mol. The van der Waals surface area contributed by atoms with Gasteiger partial charge >= 0.3 is 0 Å². The predicted octanol–water partition coefficient (Wildman–Crippen LogP) is 0.427. The van der Waals surface area contributed by atoms with Crippen molar-refractivity contribution in [3.05, 3.63) is 65.0 Å². The van der Waals surface area contributed by atoms with E-state index in [0.29, 0.717) is 12.2 Å². The molecule has 3 aromatic rings. The molecule has 1 saturated heterocycles. The Balaban J connectivity index is 1.23. The summed E-state index contributed by atoms with van der Waals surface area (Å²) >= 11 is 0. The summed E-state index contributed by atoms with van der Waals surface area (Å²) in [6.45, 7) is 5.03. The van der Waals surface area contributed by atoms with Gasteiger partial charge in [-0.1, -0.05) is 6.07 Å². The second kappa shape index (κ2) is 8.78. The standard InChI is InChI=1S/C20H23N7O2/c28-18(16-15-24-17-5-1-2-10-27(17)19(16)29)21-8-4-9-25-11-13-26(14-12-25)20-22-6-3-7-23-20/h1-3,5-7,10,15H,4,8-9,11-14H2,(H,21,28). The molecule has 0 saturated carbocycles. The number of rotatable bonds is 6. The average Bonchev–Trinajstić information content (AvgIpc) is 2.78. The Kier molecular flexibility index (Phi) is 5.76. The minimum absolute atomic E-state index is 0.0603. The molecule has 0 aromatic carbocycles. The molecular weight excluding hydrogens is 370 g/mol. The van der Waals surface area contributed by atoms with Gasteiger partial charge in [-0.05, 0) is 31.2 Å². The molecule has 9 heteroatoms. The van der Waals surface area contributed by atoms with E-state index >= 15 is 0 Å². The number of hydrogen-bond acceptors (Lipinski definition) is 7. The van der Waals surface area contributed by atoms with Gasteiger partial charge in [0.05, 0.1) is 0 Å². The second-order valence-electron chi connectivity index (χ2n) is 6.89. The van der Waals surface area contributed by atoms with Crippen molar-refractivity contribution in [2.75, 3.05) is 44.2 Å². The van der Waals surface area contributed by atoms with Crippen LogP contribution in [0.25, 0.3) is 5.65 Å². The molecule has 0 radical (unpaired) electrons. The largest absolute Gasteiger partial charge is 0.352 e. The molecule has 0 bridgehead atoms. The lowest BCUT2D eigenvalue weighted by atomic mass is 10.2. The Hall–Kier alpha value is -3.33. The number of carbonyl (C=O) groups excluding carboxylic acids is 1. The SMILES string of the molecule is O=C(NCCCN1CCN(c2ncccn2)CC1)c1cnc2ccccn2c1=O. The summed E-state index contributed by atoms with van der Waals surface area (Å²) in [4.78, 5) is 42.1. The van der Waals surface area contributed by atoms with E-state index in [1.54, 1.807) is 36.8 Å². The summed E-state index contributed by atoms with van der Waals surface area (Å²) in [5.74, 6) is 0.390. The van der Waals surface area contributed by atoms with Crippen molar-refractivity contribution in [1.29, 1.82) is 0 Å². The number of aromatic nitrogens is 4. The predicted molar refractivity (Wildman–Crippen MR) is 109 cm³/mol. The van der Waals surface area contributed by atoms with E-state index < -0.39 is 0 Å². The summed E-state index contributed by atoms with van der Waals surface area (Å²) in [5, 5.41) is 2.83. The van der Waals surface area contributed by atoms with Crippen LogP contribution < -0.4 is 15.8 Å². The molecule has 0 aliphatic carbocycles. The molecule has 3 aromatic heterocycles. The number of nitrogens with one attached hydrogen (secondary N) is 1. The lowest BCUT2D eigenvalue weighted by molar-refractivity contribution is 0.0949. The molecule has 0 atom stereocenters. The van der Waals surface area contributed by atoms with Gasteiger partial charge in [-0.15, -0.1) is 0 Å². The van der Waals surface area contributed by atoms with E-state index in [4.69, 9.17) is 0 Å². The van der Waals surface area contributed by atoms with Gasteiger partial charge in [0, 0.05) is 57.5 Å². The molecule has 9 nitrogen and oxygen atoms in total. The molecule has 0 spiro atoms. The maximum Gasteiger partial charge on any atom is 0.270 e. The Labute approximate surface area is 168 Å². The molecule has 1 amide bonds. The molecule has 0 unspecified atom stereocenters. The number of carbonyl (C=O) groups is 1. The lowest BCUT2D eigenvalue weighted by Crippen LogP contribution is -2.47. The third-order valence-corrected chi connectivity index (χ3v) is 5.00. The van der Waals surface area contributed by atoms with Gasteiger partial charge in [0.1, 0.15) is 11.2 Å². The van der Waals surface area contributed by atoms with Gasteiger partial charge in [-0.3, -0.25) is 18.9 Å². The third-order valence-electron chi connectivity index (χ3n) is 5.00. The Morgan fingerprint density at radius 2 is 1.83 bits per heavy atom. The van der Waals surface area contributed by atoms with Gasteiger partial charge in [-0.25, -0.2) is 15.0 Å². The zero-order valence-corrected chi connectivity index (χ0v) is 16.1. The van der Waals surface area contributed by atoms with Crippen molar-refractivity contribution in [3.8, 4) is 0 Å². The van der Waals surface area contributed by atoms with Crippen molar-refractivity contribution in [3.63, 3.8) is 0 Å². The first-order valence-corrected chi connectivity index (χ1v) is 9.71. The van der Waals surface area contributed by atoms with Crippen LogP contribution in [0.4, 0.5) is 5.95 Å². The number of fused-ring (bicyclic) bond motifs is 1. The molecule has 1 aliphatic heterocycles. The first-order valence-electron chi connectivity index (χ1n) is 9.71. The smallest absolute Gasteiger partial charge is 0.270 e. The van der Waals surface area contributed by atoms with Crippen LogP contribution in [0.15, 0.2) is 53.8 Å². The summed E-state index contributed by atoms with van der Waals surface area (Å²) < 4.78 is 1.38. The highest BCUT2D eigenvalue weighted by Crippen LogP contribution is 2.09. The van der Waals surface area contributed by atoms with Crippen LogP contribution >= 0.6 is 0 Å². The van der Waals surface area contributed by atoms with E-state index in [2.05, 4.69) is 30.1 Å². The van der Waals surface area contributed by atoms with Gasteiger partial charge < -0.3 is 10.2 Å². The number of hydrogen-bond donors (Lipinski definition) is 1. The topological polar surface area (TPSA) is 95.7 Å². The molecule has 29 heavy (non-hydrogen) atoms. The maximum absolute atomic E-state index is 12.4. The van der Waals surface area contributed by atoms with Crippen molar-refractivity contribution >= 4 is 17.5 Å². The first kappa shape index (κ1) is 19.0. The highest BCUT2D eigenvalue weighted by atomic mass is 16.2. The Morgan fingerprint density at radius 3 is 2.62 bits per heavy atom. The van der Waals surface area contributed by atoms with Crippen molar-refractivity contribution in [2.45, 2.75) is 6.42 Å². The summed E-state index contributed by atoms with van der Waals surface area (Å²) in [6.07, 6.45) is 7.29. The minimum atomic E-state index is -0.383. The molecule has 4 heterocycles. The summed E-state index contributed by atoms with van der Waals surface area (Å²) in [7, 11) is 0. The molecule has 4 rings (SSSR count). The number of piperazine rings is 1. The number of pyridine rings is 1. The zero-order valence-electron chi connectivity index (χ0n) is 16.1. The molecule has 1 N–H and O–H groups in total.